The predicted molar refractivity (Wildman–Crippen MR) is 87.1 cm³/mol. The average molecular weight is 276 g/mol. The SMILES string of the molecule is CCCNC1CCCCc2cn(CC(CC)CC)cc21. The molecule has 1 aliphatic rings. The van der Waals surface area contributed by atoms with Gasteiger partial charge in [0.2, 0.25) is 0 Å². The fourth-order valence-corrected chi connectivity index (χ4v) is 3.40. The minimum absolute atomic E-state index is 0.593. The second-order valence-corrected chi connectivity index (χ2v) is 6.37. The van der Waals surface area contributed by atoms with E-state index in [1.807, 2.05) is 0 Å². The fourth-order valence-electron chi connectivity index (χ4n) is 3.40. The Morgan fingerprint density at radius 3 is 2.70 bits per heavy atom. The number of rotatable bonds is 7. The van der Waals surface area contributed by atoms with E-state index in [1.165, 1.54) is 51.5 Å². The summed E-state index contributed by atoms with van der Waals surface area (Å²) >= 11 is 0. The van der Waals surface area contributed by atoms with Crippen LogP contribution in [0.5, 0.6) is 0 Å². The Morgan fingerprint density at radius 1 is 1.20 bits per heavy atom. The number of aromatic nitrogens is 1. The molecule has 0 radical (unpaired) electrons. The molecule has 0 spiro atoms. The molecule has 1 heterocycles. The van der Waals surface area contributed by atoms with E-state index in [2.05, 4.69) is 43.0 Å². The van der Waals surface area contributed by atoms with Gasteiger partial charge in [0.15, 0.2) is 0 Å². The molecule has 2 rings (SSSR count). The van der Waals surface area contributed by atoms with Crippen molar-refractivity contribution in [3.8, 4) is 0 Å². The van der Waals surface area contributed by atoms with Gasteiger partial charge in [-0.2, -0.15) is 0 Å². The van der Waals surface area contributed by atoms with E-state index in [4.69, 9.17) is 0 Å². The molecule has 0 bridgehead atoms. The van der Waals surface area contributed by atoms with Gasteiger partial charge in [-0.15, -0.1) is 0 Å². The summed E-state index contributed by atoms with van der Waals surface area (Å²) < 4.78 is 2.47. The Labute approximate surface area is 125 Å². The second-order valence-electron chi connectivity index (χ2n) is 6.37. The van der Waals surface area contributed by atoms with Crippen molar-refractivity contribution in [2.45, 2.75) is 78.3 Å². The Hall–Kier alpha value is -0.760. The lowest BCUT2D eigenvalue weighted by atomic mass is 10.0. The normalized spacial score (nSPS) is 19.1. The minimum atomic E-state index is 0.593. The molecule has 1 N–H and O–H groups in total. The third-order valence-electron chi connectivity index (χ3n) is 4.83. The number of fused-ring (bicyclic) bond motifs is 1. The Kier molecular flexibility index (Phi) is 6.15. The lowest BCUT2D eigenvalue weighted by Gasteiger charge is -2.17. The van der Waals surface area contributed by atoms with Crippen LogP contribution in [0.1, 0.15) is 76.5 Å². The Morgan fingerprint density at radius 2 is 2.00 bits per heavy atom. The average Bonchev–Trinajstić information content (AvgIpc) is 2.77. The molecule has 0 aliphatic heterocycles. The highest BCUT2D eigenvalue weighted by Crippen LogP contribution is 2.30. The van der Waals surface area contributed by atoms with Gasteiger partial charge in [-0.05, 0) is 49.3 Å². The van der Waals surface area contributed by atoms with Crippen LogP contribution in [-0.2, 0) is 13.0 Å². The predicted octanol–water partition coefficient (Wildman–Crippen LogP) is 4.69. The first-order valence-corrected chi connectivity index (χ1v) is 8.70. The summed E-state index contributed by atoms with van der Waals surface area (Å²) in [5, 5.41) is 3.75. The second kappa shape index (κ2) is 7.87. The zero-order valence-electron chi connectivity index (χ0n) is 13.6. The maximum atomic E-state index is 3.75. The first-order valence-electron chi connectivity index (χ1n) is 8.70. The van der Waals surface area contributed by atoms with Gasteiger partial charge in [0, 0.05) is 25.0 Å². The summed E-state index contributed by atoms with van der Waals surface area (Å²) in [7, 11) is 0. The van der Waals surface area contributed by atoms with E-state index >= 15 is 0 Å². The van der Waals surface area contributed by atoms with E-state index in [-0.39, 0.29) is 0 Å². The number of nitrogens with zero attached hydrogens (tertiary/aromatic N) is 1. The molecule has 20 heavy (non-hydrogen) atoms. The largest absolute Gasteiger partial charge is 0.353 e. The fraction of sp³-hybridized carbons (Fsp3) is 0.778. The number of hydrogen-bond donors (Lipinski definition) is 1. The molecule has 0 saturated carbocycles. The van der Waals surface area contributed by atoms with Crippen LogP contribution in [0.25, 0.3) is 0 Å². The zero-order valence-corrected chi connectivity index (χ0v) is 13.6. The quantitative estimate of drug-likeness (QED) is 0.715. The van der Waals surface area contributed by atoms with Crippen molar-refractivity contribution in [2.24, 2.45) is 5.92 Å². The molecule has 0 aromatic carbocycles. The van der Waals surface area contributed by atoms with E-state index in [9.17, 15) is 0 Å². The van der Waals surface area contributed by atoms with E-state index in [0.29, 0.717) is 6.04 Å². The first kappa shape index (κ1) is 15.6. The minimum Gasteiger partial charge on any atom is -0.353 e. The van der Waals surface area contributed by atoms with Crippen molar-refractivity contribution < 1.29 is 0 Å². The molecule has 0 saturated heterocycles. The summed E-state index contributed by atoms with van der Waals surface area (Å²) in [4.78, 5) is 0. The summed E-state index contributed by atoms with van der Waals surface area (Å²) in [6, 6.07) is 0.593. The molecule has 2 heteroatoms. The van der Waals surface area contributed by atoms with Gasteiger partial charge in [0.25, 0.3) is 0 Å². The highest BCUT2D eigenvalue weighted by Gasteiger charge is 2.20. The molecular formula is C18H32N2. The molecule has 1 aromatic heterocycles. The summed E-state index contributed by atoms with van der Waals surface area (Å²) in [5.74, 6) is 0.827. The van der Waals surface area contributed by atoms with Crippen molar-refractivity contribution in [3.63, 3.8) is 0 Å². The number of hydrogen-bond acceptors (Lipinski definition) is 1. The molecule has 114 valence electrons. The Balaban J connectivity index is 2.11. The van der Waals surface area contributed by atoms with Crippen molar-refractivity contribution in [1.82, 2.24) is 9.88 Å². The van der Waals surface area contributed by atoms with Gasteiger partial charge in [-0.3, -0.25) is 0 Å². The lowest BCUT2D eigenvalue weighted by molar-refractivity contribution is 0.417. The highest BCUT2D eigenvalue weighted by atomic mass is 15.0. The summed E-state index contributed by atoms with van der Waals surface area (Å²) in [5.41, 5.74) is 3.18. The van der Waals surface area contributed by atoms with Crippen LogP contribution in [0.2, 0.25) is 0 Å². The molecule has 0 fully saturated rings. The van der Waals surface area contributed by atoms with Gasteiger partial charge in [0.05, 0.1) is 0 Å². The van der Waals surface area contributed by atoms with Gasteiger partial charge in [-0.25, -0.2) is 0 Å². The van der Waals surface area contributed by atoms with E-state index < -0.39 is 0 Å². The number of aryl methyl sites for hydroxylation is 1. The standard InChI is InChI=1S/C18H32N2/c1-4-11-19-18-10-8-7-9-16-13-20(14-17(16)18)12-15(5-2)6-3/h13-15,18-19H,4-12H2,1-3H3. The van der Waals surface area contributed by atoms with Crippen molar-refractivity contribution in [2.75, 3.05) is 6.54 Å². The molecular weight excluding hydrogens is 244 g/mol. The maximum Gasteiger partial charge on any atom is 0.0338 e. The Bertz CT molecular complexity index is 390. The molecule has 1 atom stereocenters. The monoisotopic (exact) mass is 276 g/mol. The van der Waals surface area contributed by atoms with Crippen LogP contribution in [0.15, 0.2) is 12.4 Å². The molecule has 1 aliphatic carbocycles. The maximum absolute atomic E-state index is 3.75. The number of nitrogens with one attached hydrogen (secondary N) is 1. The van der Waals surface area contributed by atoms with Crippen molar-refractivity contribution in [3.05, 3.63) is 23.5 Å². The van der Waals surface area contributed by atoms with E-state index in [0.717, 1.165) is 12.5 Å². The van der Waals surface area contributed by atoms with Crippen LogP contribution in [0.3, 0.4) is 0 Å². The zero-order chi connectivity index (χ0) is 14.4. The summed E-state index contributed by atoms with van der Waals surface area (Å²) in [6.07, 6.45) is 14.0. The van der Waals surface area contributed by atoms with Crippen molar-refractivity contribution >= 4 is 0 Å². The first-order chi connectivity index (χ1) is 9.78. The van der Waals surface area contributed by atoms with Crippen LogP contribution in [0, 0.1) is 5.92 Å². The third-order valence-corrected chi connectivity index (χ3v) is 4.83. The van der Waals surface area contributed by atoms with Gasteiger partial charge >= 0.3 is 0 Å². The molecule has 1 aromatic rings. The lowest BCUT2D eigenvalue weighted by Crippen LogP contribution is -2.21. The summed E-state index contributed by atoms with van der Waals surface area (Å²) in [6.45, 7) is 9.22. The highest BCUT2D eigenvalue weighted by molar-refractivity contribution is 5.29. The topological polar surface area (TPSA) is 17.0 Å². The van der Waals surface area contributed by atoms with Crippen molar-refractivity contribution in [1.29, 1.82) is 0 Å². The molecule has 2 nitrogen and oxygen atoms in total. The molecule has 1 unspecified atom stereocenters. The van der Waals surface area contributed by atoms with E-state index in [1.54, 1.807) is 11.1 Å². The third kappa shape index (κ3) is 3.88. The van der Waals surface area contributed by atoms with Gasteiger partial charge < -0.3 is 9.88 Å². The smallest absolute Gasteiger partial charge is 0.0338 e. The van der Waals surface area contributed by atoms with Crippen LogP contribution >= 0.6 is 0 Å². The van der Waals surface area contributed by atoms with Crippen LogP contribution in [-0.4, -0.2) is 11.1 Å². The van der Waals surface area contributed by atoms with Crippen LogP contribution < -0.4 is 5.32 Å². The van der Waals surface area contributed by atoms with Crippen LogP contribution in [0.4, 0.5) is 0 Å². The van der Waals surface area contributed by atoms with Gasteiger partial charge in [0.1, 0.15) is 0 Å². The van der Waals surface area contributed by atoms with Gasteiger partial charge in [-0.1, -0.05) is 40.0 Å². The molecule has 0 amide bonds.